The number of rotatable bonds is 3. The highest BCUT2D eigenvalue weighted by molar-refractivity contribution is 5.86. The fourth-order valence-corrected chi connectivity index (χ4v) is 1.59. The number of nitriles is 1. The van der Waals surface area contributed by atoms with Crippen LogP contribution in [0.2, 0.25) is 0 Å². The minimum atomic E-state index is -0.495. The van der Waals surface area contributed by atoms with Gasteiger partial charge in [-0.1, -0.05) is 30.3 Å². The first-order valence-corrected chi connectivity index (χ1v) is 6.00. The molecule has 20 heavy (non-hydrogen) atoms. The number of ether oxygens (including phenoxy) is 1. The molecule has 0 aliphatic heterocycles. The molecule has 2 rings (SSSR count). The first-order valence-electron chi connectivity index (χ1n) is 6.00. The summed E-state index contributed by atoms with van der Waals surface area (Å²) in [5, 5.41) is 8.81. The van der Waals surface area contributed by atoms with Crippen LogP contribution in [0.25, 0.3) is 0 Å². The molecule has 0 N–H and O–H groups in total. The fraction of sp³-hybridized carbons (Fsp3) is 0.133. The van der Waals surface area contributed by atoms with Crippen molar-refractivity contribution >= 4 is 11.8 Å². The summed E-state index contributed by atoms with van der Waals surface area (Å²) < 4.78 is 5.19. The lowest BCUT2D eigenvalue weighted by atomic mass is 10.2. The Bertz CT molecular complexity index is 635. The van der Waals surface area contributed by atoms with Crippen LogP contribution in [0.4, 0.5) is 10.5 Å². The number of carbonyl (C=O) groups is 1. The van der Waals surface area contributed by atoms with Gasteiger partial charge in [0.25, 0.3) is 0 Å². The molecule has 1 amide bonds. The lowest BCUT2D eigenvalue weighted by Crippen LogP contribution is -2.27. The molecular weight excluding hydrogens is 254 g/mol. The number of anilines is 1. The van der Waals surface area contributed by atoms with Crippen LogP contribution in [0.15, 0.2) is 48.8 Å². The molecule has 0 aliphatic rings. The second-order valence-electron chi connectivity index (χ2n) is 4.14. The van der Waals surface area contributed by atoms with Gasteiger partial charge in [-0.05, 0) is 11.6 Å². The Labute approximate surface area is 117 Å². The summed E-state index contributed by atoms with van der Waals surface area (Å²) in [4.78, 5) is 17.1. The minimum Gasteiger partial charge on any atom is -0.444 e. The predicted molar refractivity (Wildman–Crippen MR) is 74.0 cm³/mol. The number of hydrogen-bond acceptors (Lipinski definition) is 4. The zero-order valence-corrected chi connectivity index (χ0v) is 11.0. The summed E-state index contributed by atoms with van der Waals surface area (Å²) >= 11 is 0. The van der Waals surface area contributed by atoms with Crippen LogP contribution in [0.1, 0.15) is 11.1 Å². The summed E-state index contributed by atoms with van der Waals surface area (Å²) in [6.45, 7) is 0.204. The fourth-order valence-electron chi connectivity index (χ4n) is 1.59. The number of nitrogens with zero attached hydrogens (tertiary/aromatic N) is 3. The van der Waals surface area contributed by atoms with Crippen molar-refractivity contribution in [2.45, 2.75) is 6.61 Å². The molecule has 0 aliphatic carbocycles. The van der Waals surface area contributed by atoms with Crippen LogP contribution in [0.5, 0.6) is 0 Å². The summed E-state index contributed by atoms with van der Waals surface area (Å²) in [6, 6.07) is 13.0. The minimum absolute atomic E-state index is 0.204. The second kappa shape index (κ2) is 6.34. The van der Waals surface area contributed by atoms with Gasteiger partial charge in [-0.3, -0.25) is 9.88 Å². The van der Waals surface area contributed by atoms with E-state index in [1.807, 2.05) is 36.4 Å². The average molecular weight is 267 g/mol. The molecule has 1 aromatic carbocycles. The van der Waals surface area contributed by atoms with E-state index in [-0.39, 0.29) is 6.61 Å². The number of carbonyl (C=O) groups excluding carboxylic acids is 1. The third-order valence-electron chi connectivity index (χ3n) is 2.72. The number of pyridine rings is 1. The topological polar surface area (TPSA) is 66.2 Å². The number of benzene rings is 1. The molecule has 0 saturated heterocycles. The molecule has 2 aromatic rings. The molecule has 1 heterocycles. The van der Waals surface area contributed by atoms with E-state index in [9.17, 15) is 4.79 Å². The highest BCUT2D eigenvalue weighted by atomic mass is 16.6. The van der Waals surface area contributed by atoms with E-state index >= 15 is 0 Å². The van der Waals surface area contributed by atoms with Crippen LogP contribution < -0.4 is 4.90 Å². The third kappa shape index (κ3) is 3.33. The van der Waals surface area contributed by atoms with Crippen LogP contribution in [-0.2, 0) is 11.3 Å². The van der Waals surface area contributed by atoms with Crippen molar-refractivity contribution in [2.24, 2.45) is 0 Å². The van der Waals surface area contributed by atoms with E-state index < -0.39 is 6.09 Å². The molecule has 0 fully saturated rings. The highest BCUT2D eigenvalue weighted by Gasteiger charge is 2.13. The van der Waals surface area contributed by atoms with Gasteiger partial charge >= 0.3 is 6.09 Å². The average Bonchev–Trinajstić information content (AvgIpc) is 2.53. The smallest absolute Gasteiger partial charge is 0.414 e. The molecule has 0 bridgehead atoms. The molecule has 5 heteroatoms. The number of aromatic nitrogens is 1. The molecule has 0 unspecified atom stereocenters. The highest BCUT2D eigenvalue weighted by Crippen LogP contribution is 2.14. The van der Waals surface area contributed by atoms with Gasteiger partial charge in [0.15, 0.2) is 0 Å². The Morgan fingerprint density at radius 3 is 2.80 bits per heavy atom. The normalized spacial score (nSPS) is 9.60. The van der Waals surface area contributed by atoms with Gasteiger partial charge in [-0.25, -0.2) is 4.79 Å². The lowest BCUT2D eigenvalue weighted by molar-refractivity contribution is 0.148. The number of amides is 1. The molecule has 1 aromatic heterocycles. The van der Waals surface area contributed by atoms with Crippen LogP contribution in [-0.4, -0.2) is 18.1 Å². The van der Waals surface area contributed by atoms with E-state index in [0.717, 1.165) is 5.56 Å². The van der Waals surface area contributed by atoms with Gasteiger partial charge < -0.3 is 4.74 Å². The van der Waals surface area contributed by atoms with Gasteiger partial charge in [0.1, 0.15) is 12.7 Å². The lowest BCUT2D eigenvalue weighted by Gasteiger charge is -2.16. The van der Waals surface area contributed by atoms with E-state index in [4.69, 9.17) is 10.00 Å². The van der Waals surface area contributed by atoms with Crippen molar-refractivity contribution < 1.29 is 9.53 Å². The Balaban J connectivity index is 2.00. The Hall–Kier alpha value is -2.87. The Morgan fingerprint density at radius 2 is 2.10 bits per heavy atom. The van der Waals surface area contributed by atoms with E-state index in [1.165, 1.54) is 17.3 Å². The number of hydrogen-bond donors (Lipinski definition) is 0. The quantitative estimate of drug-likeness (QED) is 0.857. The van der Waals surface area contributed by atoms with Crippen molar-refractivity contribution in [1.82, 2.24) is 4.98 Å². The maximum Gasteiger partial charge on any atom is 0.414 e. The SMILES string of the molecule is CN(C(=O)OCc1ccccc1)c1cncc(C#N)c1. The van der Waals surface area contributed by atoms with Crippen molar-refractivity contribution in [3.05, 3.63) is 59.9 Å². The van der Waals surface area contributed by atoms with E-state index in [1.54, 1.807) is 13.1 Å². The Morgan fingerprint density at radius 1 is 1.35 bits per heavy atom. The summed E-state index contributed by atoms with van der Waals surface area (Å²) in [7, 11) is 1.57. The molecule has 0 atom stereocenters. The summed E-state index contributed by atoms with van der Waals surface area (Å²) in [5.41, 5.74) is 1.82. The van der Waals surface area contributed by atoms with Crippen LogP contribution in [0.3, 0.4) is 0 Å². The molecule has 5 nitrogen and oxygen atoms in total. The standard InChI is InChI=1S/C15H13N3O2/c1-18(14-7-13(8-16)9-17-10-14)15(19)20-11-12-5-3-2-4-6-12/h2-7,9-10H,11H2,1H3. The van der Waals surface area contributed by atoms with Crippen molar-refractivity contribution in [2.75, 3.05) is 11.9 Å². The molecular formula is C15H13N3O2. The van der Waals surface area contributed by atoms with Crippen molar-refractivity contribution in [3.63, 3.8) is 0 Å². The zero-order chi connectivity index (χ0) is 14.4. The van der Waals surface area contributed by atoms with E-state index in [2.05, 4.69) is 4.98 Å². The molecule has 0 spiro atoms. The molecule has 0 radical (unpaired) electrons. The van der Waals surface area contributed by atoms with Crippen molar-refractivity contribution in [3.8, 4) is 6.07 Å². The Kier molecular flexibility index (Phi) is 4.30. The van der Waals surface area contributed by atoms with Crippen LogP contribution >= 0.6 is 0 Å². The maximum absolute atomic E-state index is 11.9. The maximum atomic E-state index is 11.9. The molecule has 100 valence electrons. The second-order valence-corrected chi connectivity index (χ2v) is 4.14. The summed E-state index contributed by atoms with van der Waals surface area (Å²) in [5.74, 6) is 0. The first kappa shape index (κ1) is 13.6. The van der Waals surface area contributed by atoms with Gasteiger partial charge in [0, 0.05) is 13.2 Å². The van der Waals surface area contributed by atoms with Gasteiger partial charge in [0.2, 0.25) is 0 Å². The monoisotopic (exact) mass is 267 g/mol. The van der Waals surface area contributed by atoms with Gasteiger partial charge in [-0.2, -0.15) is 5.26 Å². The third-order valence-corrected chi connectivity index (χ3v) is 2.72. The van der Waals surface area contributed by atoms with Crippen LogP contribution in [0, 0.1) is 11.3 Å². The van der Waals surface area contributed by atoms with Crippen molar-refractivity contribution in [1.29, 1.82) is 5.26 Å². The van der Waals surface area contributed by atoms with Gasteiger partial charge in [0.05, 0.1) is 17.4 Å². The largest absolute Gasteiger partial charge is 0.444 e. The van der Waals surface area contributed by atoms with Gasteiger partial charge in [-0.15, -0.1) is 0 Å². The zero-order valence-electron chi connectivity index (χ0n) is 11.0. The first-order chi connectivity index (χ1) is 9.70. The van der Waals surface area contributed by atoms with E-state index in [0.29, 0.717) is 11.3 Å². The summed E-state index contributed by atoms with van der Waals surface area (Å²) in [6.07, 6.45) is 2.45. The predicted octanol–water partition coefficient (Wildman–Crippen LogP) is 2.73. The molecule has 0 saturated carbocycles.